The Bertz CT molecular complexity index is 1930. The fourth-order valence-corrected chi connectivity index (χ4v) is 5.82. The Morgan fingerprint density at radius 2 is 1.51 bits per heavy atom. The summed E-state index contributed by atoms with van der Waals surface area (Å²) in [5.74, 6) is 4.86. The van der Waals surface area contributed by atoms with Crippen molar-refractivity contribution in [2.24, 2.45) is 9.98 Å². The lowest BCUT2D eigenvalue weighted by Crippen LogP contribution is -2.46. The molecule has 0 bridgehead atoms. The molecule has 0 fully saturated rings. The lowest BCUT2D eigenvalue weighted by molar-refractivity contribution is 0.323. The second kappa shape index (κ2) is 11.3. The number of methoxy groups -OCH3 is 4. The Morgan fingerprint density at radius 3 is 2.18 bits per heavy atom. The Kier molecular flexibility index (Phi) is 7.05. The van der Waals surface area contributed by atoms with Gasteiger partial charge in [0.05, 0.1) is 51.5 Å². The summed E-state index contributed by atoms with van der Waals surface area (Å²) in [5, 5.41) is 8.47. The van der Waals surface area contributed by atoms with Crippen molar-refractivity contribution in [1.82, 2.24) is 14.8 Å². The number of amidine groups is 2. The molecule has 2 aromatic heterocycles. The third-order valence-electron chi connectivity index (χ3n) is 7.86. The highest BCUT2D eigenvalue weighted by Gasteiger charge is 2.42. The normalized spacial score (nSPS) is 14.8. The zero-order valence-electron chi connectivity index (χ0n) is 25.5. The number of pyridine rings is 1. The Hall–Kier alpha value is -5.84. The van der Waals surface area contributed by atoms with Crippen molar-refractivity contribution in [3.05, 3.63) is 102 Å². The van der Waals surface area contributed by atoms with E-state index >= 15 is 0 Å². The topological polar surface area (TPSA) is 108 Å². The highest BCUT2D eigenvalue weighted by molar-refractivity contribution is 6.51. The van der Waals surface area contributed by atoms with E-state index in [1.165, 1.54) is 0 Å². The highest BCUT2D eigenvalue weighted by Crippen LogP contribution is 2.50. The molecule has 0 aliphatic carbocycles. The molecule has 2 aliphatic rings. The van der Waals surface area contributed by atoms with E-state index in [0.717, 1.165) is 39.6 Å². The second-order valence-electron chi connectivity index (χ2n) is 10.4. The van der Waals surface area contributed by atoms with Gasteiger partial charge in [-0.05, 0) is 73.2 Å². The van der Waals surface area contributed by atoms with Crippen LogP contribution in [-0.2, 0) is 0 Å². The Morgan fingerprint density at radius 1 is 0.778 bits per heavy atom. The maximum atomic E-state index is 5.80. The van der Waals surface area contributed by atoms with E-state index in [-0.39, 0.29) is 0 Å². The van der Waals surface area contributed by atoms with Crippen LogP contribution in [0.2, 0.25) is 0 Å². The van der Waals surface area contributed by atoms with Crippen LogP contribution in [0, 0.1) is 6.92 Å². The molecule has 226 valence electrons. The van der Waals surface area contributed by atoms with Gasteiger partial charge in [-0.2, -0.15) is 9.78 Å². The first-order valence-electron chi connectivity index (χ1n) is 14.3. The number of hydrogen-bond acceptors (Lipinski definition) is 10. The van der Waals surface area contributed by atoms with Gasteiger partial charge in [0.1, 0.15) is 5.75 Å². The van der Waals surface area contributed by atoms with E-state index in [4.69, 9.17) is 34.0 Å². The summed E-state index contributed by atoms with van der Waals surface area (Å²) in [6.07, 6.45) is 1.74. The predicted molar refractivity (Wildman–Crippen MR) is 174 cm³/mol. The maximum Gasteiger partial charge on any atom is 0.203 e. The van der Waals surface area contributed by atoms with Crippen molar-refractivity contribution in [3.8, 4) is 28.8 Å². The number of rotatable bonds is 7. The van der Waals surface area contributed by atoms with Gasteiger partial charge in [0.2, 0.25) is 5.75 Å². The van der Waals surface area contributed by atoms with E-state index in [2.05, 4.69) is 15.2 Å². The van der Waals surface area contributed by atoms with Crippen molar-refractivity contribution >= 4 is 34.6 Å². The van der Waals surface area contributed by atoms with Crippen molar-refractivity contribution in [2.75, 3.05) is 38.7 Å². The Balaban J connectivity index is 1.50. The molecule has 0 amide bonds. The average molecular weight is 602 g/mol. The fourth-order valence-electron chi connectivity index (χ4n) is 5.82. The van der Waals surface area contributed by atoms with Gasteiger partial charge in [0.15, 0.2) is 34.8 Å². The first kappa shape index (κ1) is 28.0. The highest BCUT2D eigenvalue weighted by atomic mass is 16.5. The van der Waals surface area contributed by atoms with Crippen LogP contribution >= 0.6 is 0 Å². The third-order valence-corrected chi connectivity index (χ3v) is 7.86. The predicted octanol–water partition coefficient (Wildman–Crippen LogP) is 6.41. The molecule has 3 aromatic carbocycles. The van der Waals surface area contributed by atoms with E-state index in [0.29, 0.717) is 40.6 Å². The molecule has 0 spiro atoms. The first-order chi connectivity index (χ1) is 22.0. The zero-order valence-corrected chi connectivity index (χ0v) is 25.5. The van der Waals surface area contributed by atoms with Crippen LogP contribution in [0.4, 0.5) is 22.9 Å². The molecule has 45 heavy (non-hydrogen) atoms. The molecule has 4 heterocycles. The number of fused-ring (bicyclic) bond motifs is 4. The third kappa shape index (κ3) is 4.69. The SMILES string of the molecule is COc1ccc(NC2=Nc3ccccc3N3C2=Nc2c(c(C)nn2-c2ccccn2)[C@H]3c2cc(OC)c(OC)c(OC)c2)cc1. The van der Waals surface area contributed by atoms with Gasteiger partial charge < -0.3 is 29.2 Å². The van der Waals surface area contributed by atoms with Crippen molar-refractivity contribution in [2.45, 2.75) is 13.0 Å². The minimum absolute atomic E-state index is 0.400. The number of aromatic nitrogens is 3. The number of nitrogens with one attached hydrogen (secondary N) is 1. The molecule has 1 atom stereocenters. The van der Waals surface area contributed by atoms with E-state index < -0.39 is 6.04 Å². The van der Waals surface area contributed by atoms with Gasteiger partial charge >= 0.3 is 0 Å². The second-order valence-corrected chi connectivity index (χ2v) is 10.4. The quantitative estimate of drug-likeness (QED) is 0.228. The number of nitrogens with zero attached hydrogens (tertiary/aromatic N) is 6. The van der Waals surface area contributed by atoms with Gasteiger partial charge in [-0.25, -0.2) is 15.0 Å². The van der Waals surface area contributed by atoms with Crippen LogP contribution < -0.4 is 29.2 Å². The number of aryl methyl sites for hydroxylation is 1. The van der Waals surface area contributed by atoms with Gasteiger partial charge in [0.25, 0.3) is 0 Å². The number of ether oxygens (including phenoxy) is 4. The lowest BCUT2D eigenvalue weighted by atomic mass is 9.92. The van der Waals surface area contributed by atoms with Crippen LogP contribution in [0.25, 0.3) is 5.82 Å². The smallest absolute Gasteiger partial charge is 0.203 e. The van der Waals surface area contributed by atoms with Crippen LogP contribution in [0.5, 0.6) is 23.0 Å². The van der Waals surface area contributed by atoms with E-state index in [1.54, 1.807) is 39.3 Å². The molecule has 11 nitrogen and oxygen atoms in total. The molecule has 0 radical (unpaired) electrons. The minimum atomic E-state index is -0.400. The van der Waals surface area contributed by atoms with Crippen molar-refractivity contribution < 1.29 is 18.9 Å². The summed E-state index contributed by atoms with van der Waals surface area (Å²) in [5.41, 5.74) is 5.14. The maximum absolute atomic E-state index is 5.80. The zero-order chi connectivity index (χ0) is 31.1. The number of para-hydroxylation sites is 2. The number of aliphatic imine (C=N–C) groups is 2. The summed E-state index contributed by atoms with van der Waals surface area (Å²) < 4.78 is 24.4. The molecule has 5 aromatic rings. The standard InChI is InChI=1S/C34H31N7O4/c1-20-29-30(21-18-26(43-3)31(45-5)27(19-21)44-4)40-25-11-7-6-10-24(25)37-32(36-22-13-15-23(42-2)16-14-22)34(40)38-33(29)41(39-20)28-12-8-9-17-35-28/h6-19,30H,1-5H3,(H,36,37)/t30-/m1/s1. The molecule has 0 saturated heterocycles. The lowest BCUT2D eigenvalue weighted by Gasteiger charge is -2.40. The monoisotopic (exact) mass is 601 g/mol. The Labute approximate surface area is 260 Å². The molecule has 7 rings (SSSR count). The summed E-state index contributed by atoms with van der Waals surface area (Å²) >= 11 is 0. The average Bonchev–Trinajstić information content (AvgIpc) is 3.43. The van der Waals surface area contributed by atoms with Crippen LogP contribution in [0.15, 0.2) is 95.0 Å². The van der Waals surface area contributed by atoms with E-state index in [1.807, 2.05) is 85.8 Å². The summed E-state index contributed by atoms with van der Waals surface area (Å²) in [6.45, 7) is 1.99. The largest absolute Gasteiger partial charge is 0.497 e. The number of hydrogen-bond donors (Lipinski definition) is 1. The molecule has 0 unspecified atom stereocenters. The number of benzene rings is 3. The van der Waals surface area contributed by atoms with Gasteiger partial charge in [-0.3, -0.25) is 0 Å². The summed E-state index contributed by atoms with van der Waals surface area (Å²) in [7, 11) is 6.47. The van der Waals surface area contributed by atoms with Crippen LogP contribution in [0.1, 0.15) is 22.9 Å². The molecule has 2 aliphatic heterocycles. The molecule has 1 N–H and O–H groups in total. The summed E-state index contributed by atoms with van der Waals surface area (Å²) in [4.78, 5) is 17.1. The van der Waals surface area contributed by atoms with Crippen LogP contribution in [-0.4, -0.2) is 54.9 Å². The molecular formula is C34H31N7O4. The molecule has 0 saturated carbocycles. The van der Waals surface area contributed by atoms with Crippen molar-refractivity contribution in [1.29, 1.82) is 0 Å². The van der Waals surface area contributed by atoms with Gasteiger partial charge in [0, 0.05) is 17.4 Å². The van der Waals surface area contributed by atoms with Crippen LogP contribution in [0.3, 0.4) is 0 Å². The minimum Gasteiger partial charge on any atom is -0.497 e. The molecular weight excluding hydrogens is 570 g/mol. The fraction of sp³-hybridized carbons (Fsp3) is 0.176. The van der Waals surface area contributed by atoms with Gasteiger partial charge in [-0.15, -0.1) is 0 Å². The van der Waals surface area contributed by atoms with E-state index in [9.17, 15) is 0 Å². The number of anilines is 2. The van der Waals surface area contributed by atoms with Crippen molar-refractivity contribution in [3.63, 3.8) is 0 Å². The first-order valence-corrected chi connectivity index (χ1v) is 14.3. The molecule has 11 heteroatoms. The van der Waals surface area contributed by atoms with Gasteiger partial charge in [-0.1, -0.05) is 18.2 Å². The summed E-state index contributed by atoms with van der Waals surface area (Å²) in [6, 6.07) is 25.0.